The Morgan fingerprint density at radius 3 is 2.30 bits per heavy atom. The number of amides is 1. The molecular weight excluding hydrogens is 317 g/mol. The molecule has 0 aliphatic rings. The SMILES string of the molecule is CC(C)C[C@H](N)C(=O)NCc1cnn(C)c1.O=C(O)C(F)(F)F. The van der Waals surface area contributed by atoms with Gasteiger partial charge in [0.1, 0.15) is 0 Å². The third kappa shape index (κ3) is 9.51. The Bertz CT molecular complexity index is 515. The maximum Gasteiger partial charge on any atom is 0.490 e. The number of rotatable bonds is 5. The van der Waals surface area contributed by atoms with Crippen molar-refractivity contribution in [2.45, 2.75) is 39.0 Å². The predicted molar refractivity (Wildman–Crippen MR) is 76.2 cm³/mol. The Balaban J connectivity index is 0.000000585. The van der Waals surface area contributed by atoms with Crippen molar-refractivity contribution < 1.29 is 27.9 Å². The number of aryl methyl sites for hydroxylation is 1. The summed E-state index contributed by atoms with van der Waals surface area (Å²) in [7, 11) is 1.84. The Morgan fingerprint density at radius 1 is 1.43 bits per heavy atom. The minimum absolute atomic E-state index is 0.0995. The molecule has 0 radical (unpaired) electrons. The second-order valence-electron chi connectivity index (χ2n) is 5.28. The molecule has 132 valence electrons. The average Bonchev–Trinajstić information content (AvgIpc) is 2.80. The van der Waals surface area contributed by atoms with E-state index in [0.29, 0.717) is 18.9 Å². The summed E-state index contributed by atoms with van der Waals surface area (Å²) in [6.45, 7) is 4.58. The number of nitrogens with one attached hydrogen (secondary N) is 1. The molecule has 0 bridgehead atoms. The van der Waals surface area contributed by atoms with Crippen molar-refractivity contribution in [3.63, 3.8) is 0 Å². The molecule has 0 unspecified atom stereocenters. The number of carbonyl (C=O) groups is 2. The van der Waals surface area contributed by atoms with E-state index in [9.17, 15) is 18.0 Å². The Labute approximate surface area is 131 Å². The highest BCUT2D eigenvalue weighted by Crippen LogP contribution is 2.13. The maximum atomic E-state index is 11.6. The number of nitrogens with zero attached hydrogens (tertiary/aromatic N) is 2. The van der Waals surface area contributed by atoms with Gasteiger partial charge in [0.05, 0.1) is 12.2 Å². The smallest absolute Gasteiger partial charge is 0.475 e. The summed E-state index contributed by atoms with van der Waals surface area (Å²) in [5.41, 5.74) is 6.73. The highest BCUT2D eigenvalue weighted by Gasteiger charge is 2.38. The van der Waals surface area contributed by atoms with Gasteiger partial charge in [0.15, 0.2) is 0 Å². The van der Waals surface area contributed by atoms with Gasteiger partial charge < -0.3 is 16.2 Å². The second-order valence-corrected chi connectivity index (χ2v) is 5.28. The van der Waals surface area contributed by atoms with Gasteiger partial charge in [-0.2, -0.15) is 18.3 Å². The van der Waals surface area contributed by atoms with Crippen LogP contribution in [0.3, 0.4) is 0 Å². The van der Waals surface area contributed by atoms with Gasteiger partial charge >= 0.3 is 12.1 Å². The van der Waals surface area contributed by atoms with E-state index in [2.05, 4.69) is 10.4 Å². The summed E-state index contributed by atoms with van der Waals surface area (Å²) < 4.78 is 33.4. The van der Waals surface area contributed by atoms with Crippen LogP contribution in [0, 0.1) is 5.92 Å². The molecule has 23 heavy (non-hydrogen) atoms. The lowest BCUT2D eigenvalue weighted by Crippen LogP contribution is -2.40. The van der Waals surface area contributed by atoms with Crippen LogP contribution in [0.15, 0.2) is 12.4 Å². The van der Waals surface area contributed by atoms with E-state index < -0.39 is 18.2 Å². The number of alkyl halides is 3. The molecule has 0 saturated carbocycles. The molecule has 1 atom stereocenters. The zero-order valence-corrected chi connectivity index (χ0v) is 13.1. The highest BCUT2D eigenvalue weighted by molar-refractivity contribution is 5.81. The van der Waals surface area contributed by atoms with Crippen LogP contribution in [0.5, 0.6) is 0 Å². The fourth-order valence-electron chi connectivity index (χ4n) is 1.50. The molecule has 0 aromatic carbocycles. The van der Waals surface area contributed by atoms with E-state index in [0.717, 1.165) is 5.56 Å². The van der Waals surface area contributed by atoms with Crippen molar-refractivity contribution in [3.8, 4) is 0 Å². The molecule has 0 saturated heterocycles. The van der Waals surface area contributed by atoms with Crippen molar-refractivity contribution in [3.05, 3.63) is 18.0 Å². The summed E-state index contributed by atoms with van der Waals surface area (Å²) in [6, 6.07) is -0.420. The van der Waals surface area contributed by atoms with E-state index in [1.807, 2.05) is 27.1 Å². The quantitative estimate of drug-likeness (QED) is 0.743. The number of halogens is 3. The first-order valence-electron chi connectivity index (χ1n) is 6.74. The standard InChI is InChI=1S/C11H20N4O.C2HF3O2/c1-8(2)4-10(12)11(16)13-5-9-6-14-15(3)7-9;3-2(4,5)1(6)7/h6-8,10H,4-5,12H2,1-3H3,(H,13,16);(H,6,7)/t10-;/m0./s1. The van der Waals surface area contributed by atoms with E-state index in [1.54, 1.807) is 10.9 Å². The van der Waals surface area contributed by atoms with Gasteiger partial charge in [-0.1, -0.05) is 13.8 Å². The number of aromatic nitrogens is 2. The second kappa shape index (κ2) is 9.13. The molecule has 0 fully saturated rings. The Kier molecular flexibility index (Phi) is 8.30. The first-order valence-corrected chi connectivity index (χ1v) is 6.74. The number of hydrogen-bond donors (Lipinski definition) is 3. The average molecular weight is 338 g/mol. The summed E-state index contributed by atoms with van der Waals surface area (Å²) in [5, 5.41) is 13.9. The summed E-state index contributed by atoms with van der Waals surface area (Å²) in [5.74, 6) is -2.43. The van der Waals surface area contributed by atoms with E-state index >= 15 is 0 Å². The molecular formula is C13H21F3N4O3. The normalized spacial score (nSPS) is 12.3. The number of carboxylic acid groups (broad SMARTS) is 1. The van der Waals surface area contributed by atoms with Gasteiger partial charge in [0.25, 0.3) is 0 Å². The van der Waals surface area contributed by atoms with Gasteiger partial charge in [-0.25, -0.2) is 4.79 Å². The molecule has 1 aromatic rings. The molecule has 10 heteroatoms. The zero-order chi connectivity index (χ0) is 18.2. The van der Waals surface area contributed by atoms with Crippen LogP contribution in [-0.2, 0) is 23.2 Å². The summed E-state index contributed by atoms with van der Waals surface area (Å²) in [6.07, 6.45) is -0.776. The monoisotopic (exact) mass is 338 g/mol. The first kappa shape index (κ1) is 20.9. The van der Waals surface area contributed by atoms with Crippen molar-refractivity contribution in [2.75, 3.05) is 0 Å². The predicted octanol–water partition coefficient (Wildman–Crippen LogP) is 1.04. The highest BCUT2D eigenvalue weighted by atomic mass is 19.4. The number of nitrogens with two attached hydrogens (primary N) is 1. The van der Waals surface area contributed by atoms with Crippen LogP contribution in [0.25, 0.3) is 0 Å². The minimum Gasteiger partial charge on any atom is -0.475 e. The van der Waals surface area contributed by atoms with Crippen LogP contribution in [0.1, 0.15) is 25.8 Å². The van der Waals surface area contributed by atoms with Crippen molar-refractivity contribution in [2.24, 2.45) is 18.7 Å². The Hall–Kier alpha value is -2.10. The molecule has 1 amide bonds. The van der Waals surface area contributed by atoms with Gasteiger partial charge in [-0.3, -0.25) is 9.48 Å². The molecule has 7 nitrogen and oxygen atoms in total. The first-order chi connectivity index (χ1) is 10.4. The minimum atomic E-state index is -5.08. The molecule has 1 aromatic heterocycles. The van der Waals surface area contributed by atoms with Crippen molar-refractivity contribution >= 4 is 11.9 Å². The molecule has 1 heterocycles. The molecule has 1 rings (SSSR count). The van der Waals surface area contributed by atoms with Gasteiger partial charge in [0.2, 0.25) is 5.91 Å². The zero-order valence-electron chi connectivity index (χ0n) is 13.1. The van der Waals surface area contributed by atoms with Gasteiger partial charge in [0, 0.05) is 25.4 Å². The van der Waals surface area contributed by atoms with Crippen molar-refractivity contribution in [1.82, 2.24) is 15.1 Å². The molecule has 0 spiro atoms. The summed E-state index contributed by atoms with van der Waals surface area (Å²) >= 11 is 0. The number of aliphatic carboxylic acids is 1. The number of carboxylic acids is 1. The van der Waals surface area contributed by atoms with Crippen LogP contribution >= 0.6 is 0 Å². The third-order valence-corrected chi connectivity index (χ3v) is 2.53. The van der Waals surface area contributed by atoms with Crippen LogP contribution < -0.4 is 11.1 Å². The van der Waals surface area contributed by atoms with Crippen molar-refractivity contribution in [1.29, 1.82) is 0 Å². The topological polar surface area (TPSA) is 110 Å². The number of carbonyl (C=O) groups excluding carboxylic acids is 1. The number of hydrogen-bond acceptors (Lipinski definition) is 4. The fourth-order valence-corrected chi connectivity index (χ4v) is 1.50. The third-order valence-electron chi connectivity index (χ3n) is 2.53. The van der Waals surface area contributed by atoms with E-state index in [1.165, 1.54) is 0 Å². The summed E-state index contributed by atoms with van der Waals surface area (Å²) in [4.78, 5) is 20.5. The van der Waals surface area contributed by atoms with Crippen LogP contribution in [0.4, 0.5) is 13.2 Å². The lowest BCUT2D eigenvalue weighted by molar-refractivity contribution is -0.192. The molecule has 0 aliphatic carbocycles. The van der Waals surface area contributed by atoms with E-state index in [4.69, 9.17) is 15.6 Å². The largest absolute Gasteiger partial charge is 0.490 e. The lowest BCUT2D eigenvalue weighted by Gasteiger charge is -2.13. The van der Waals surface area contributed by atoms with Crippen LogP contribution in [0.2, 0.25) is 0 Å². The lowest BCUT2D eigenvalue weighted by atomic mass is 10.0. The van der Waals surface area contributed by atoms with Gasteiger partial charge in [-0.05, 0) is 12.3 Å². The van der Waals surface area contributed by atoms with E-state index in [-0.39, 0.29) is 5.91 Å². The molecule has 4 N–H and O–H groups in total. The fraction of sp³-hybridized carbons (Fsp3) is 0.615. The Morgan fingerprint density at radius 2 is 1.96 bits per heavy atom. The molecule has 0 aliphatic heterocycles. The van der Waals surface area contributed by atoms with Crippen LogP contribution in [-0.4, -0.2) is 39.0 Å². The maximum absolute atomic E-state index is 11.6. The van der Waals surface area contributed by atoms with Gasteiger partial charge in [-0.15, -0.1) is 0 Å².